The fourth-order valence-electron chi connectivity index (χ4n) is 3.75. The van der Waals surface area contributed by atoms with E-state index in [1.54, 1.807) is 0 Å². The van der Waals surface area contributed by atoms with E-state index in [2.05, 4.69) is 32.2 Å². The van der Waals surface area contributed by atoms with Gasteiger partial charge in [-0.3, -0.25) is 9.88 Å². The molecule has 1 fully saturated rings. The number of nitrogens with zero attached hydrogens (tertiary/aromatic N) is 4. The normalized spacial score (nSPS) is 16.6. The highest BCUT2D eigenvalue weighted by Crippen LogP contribution is 2.32. The van der Waals surface area contributed by atoms with Crippen LogP contribution in [0, 0.1) is 0 Å². The molecule has 0 radical (unpaired) electrons. The Labute approximate surface area is 175 Å². The van der Waals surface area contributed by atoms with Crippen molar-refractivity contribution in [2.75, 3.05) is 13.1 Å². The average molecular weight is 398 g/mol. The summed E-state index contributed by atoms with van der Waals surface area (Å²) in [5.74, 6) is 1.82. The van der Waals surface area contributed by atoms with Crippen molar-refractivity contribution >= 4 is 0 Å². The minimum Gasteiger partial charge on any atom is -0.488 e. The van der Waals surface area contributed by atoms with Gasteiger partial charge in [-0.05, 0) is 36.2 Å². The number of hydrogen-bond donors (Lipinski definition) is 0. The van der Waals surface area contributed by atoms with Gasteiger partial charge in [0.1, 0.15) is 11.9 Å². The third-order valence-electron chi connectivity index (χ3n) is 5.25. The van der Waals surface area contributed by atoms with Gasteiger partial charge in [0.25, 0.3) is 5.89 Å². The van der Waals surface area contributed by atoms with Crippen molar-refractivity contribution in [3.63, 3.8) is 0 Å². The smallest absolute Gasteiger partial charge is 0.262 e. The first-order valence-corrected chi connectivity index (χ1v) is 10.1. The van der Waals surface area contributed by atoms with Crippen LogP contribution >= 0.6 is 0 Å². The SMILES string of the molecule is c1ccc(-c2noc(-c3ccccc3OC3CCN(Cc4ccncc4)C3)n2)cc1. The second-order valence-electron chi connectivity index (χ2n) is 7.40. The maximum atomic E-state index is 6.36. The van der Waals surface area contributed by atoms with Crippen LogP contribution in [-0.2, 0) is 6.54 Å². The molecule has 4 aromatic rings. The molecular weight excluding hydrogens is 376 g/mol. The number of benzene rings is 2. The van der Waals surface area contributed by atoms with E-state index in [0.717, 1.165) is 42.9 Å². The predicted molar refractivity (Wildman–Crippen MR) is 114 cm³/mol. The Morgan fingerprint density at radius 1 is 0.967 bits per heavy atom. The van der Waals surface area contributed by atoms with Crippen molar-refractivity contribution < 1.29 is 9.26 Å². The highest BCUT2D eigenvalue weighted by atomic mass is 16.5. The molecule has 1 saturated heterocycles. The van der Waals surface area contributed by atoms with Crippen molar-refractivity contribution in [1.29, 1.82) is 0 Å². The second kappa shape index (κ2) is 8.47. The summed E-state index contributed by atoms with van der Waals surface area (Å²) in [5.41, 5.74) is 3.01. The van der Waals surface area contributed by atoms with Crippen LogP contribution in [0.3, 0.4) is 0 Å². The Kier molecular flexibility index (Phi) is 5.23. The fraction of sp³-hybridized carbons (Fsp3) is 0.208. The molecule has 0 aliphatic carbocycles. The Morgan fingerprint density at radius 3 is 2.63 bits per heavy atom. The van der Waals surface area contributed by atoms with E-state index in [9.17, 15) is 0 Å². The molecule has 1 aliphatic rings. The molecule has 150 valence electrons. The van der Waals surface area contributed by atoms with Crippen LogP contribution in [0.5, 0.6) is 5.75 Å². The van der Waals surface area contributed by atoms with E-state index in [0.29, 0.717) is 11.7 Å². The van der Waals surface area contributed by atoms with Gasteiger partial charge >= 0.3 is 0 Å². The Morgan fingerprint density at radius 2 is 1.77 bits per heavy atom. The number of hydrogen-bond acceptors (Lipinski definition) is 6. The van der Waals surface area contributed by atoms with Crippen LogP contribution in [0.15, 0.2) is 83.6 Å². The summed E-state index contributed by atoms with van der Waals surface area (Å²) < 4.78 is 11.9. The molecular formula is C24H22N4O2. The molecule has 3 heterocycles. The number of ether oxygens (including phenoxy) is 1. The van der Waals surface area contributed by atoms with Gasteiger partial charge in [-0.25, -0.2) is 0 Å². The fourth-order valence-corrected chi connectivity index (χ4v) is 3.75. The molecule has 6 heteroatoms. The highest BCUT2D eigenvalue weighted by molar-refractivity contribution is 5.65. The summed E-state index contributed by atoms with van der Waals surface area (Å²) in [6, 6.07) is 21.8. The van der Waals surface area contributed by atoms with Gasteiger partial charge in [-0.15, -0.1) is 0 Å². The minimum atomic E-state index is 0.129. The van der Waals surface area contributed by atoms with Crippen molar-refractivity contribution in [3.05, 3.63) is 84.7 Å². The van der Waals surface area contributed by atoms with E-state index in [4.69, 9.17) is 9.26 Å². The first-order valence-electron chi connectivity index (χ1n) is 10.1. The van der Waals surface area contributed by atoms with Crippen LogP contribution in [-0.4, -0.2) is 39.2 Å². The van der Waals surface area contributed by atoms with Gasteiger partial charge in [-0.1, -0.05) is 47.6 Å². The summed E-state index contributed by atoms with van der Waals surface area (Å²) >= 11 is 0. The summed E-state index contributed by atoms with van der Waals surface area (Å²) in [5, 5.41) is 4.14. The van der Waals surface area contributed by atoms with Gasteiger partial charge in [0.2, 0.25) is 5.82 Å². The highest BCUT2D eigenvalue weighted by Gasteiger charge is 2.25. The summed E-state index contributed by atoms with van der Waals surface area (Å²) in [7, 11) is 0. The lowest BCUT2D eigenvalue weighted by atomic mass is 10.2. The number of rotatable bonds is 6. The zero-order valence-corrected chi connectivity index (χ0v) is 16.5. The number of pyridine rings is 1. The monoisotopic (exact) mass is 398 g/mol. The molecule has 30 heavy (non-hydrogen) atoms. The van der Waals surface area contributed by atoms with Crippen molar-refractivity contribution in [2.45, 2.75) is 19.1 Å². The summed E-state index contributed by atoms with van der Waals surface area (Å²) in [6.45, 7) is 2.80. The first kappa shape index (κ1) is 18.5. The predicted octanol–water partition coefficient (Wildman–Crippen LogP) is 4.45. The quantitative estimate of drug-likeness (QED) is 0.478. The zero-order chi connectivity index (χ0) is 20.2. The zero-order valence-electron chi connectivity index (χ0n) is 16.5. The number of para-hydroxylation sites is 1. The van der Waals surface area contributed by atoms with Crippen LogP contribution in [0.25, 0.3) is 22.8 Å². The van der Waals surface area contributed by atoms with Crippen molar-refractivity contribution in [3.8, 4) is 28.6 Å². The largest absolute Gasteiger partial charge is 0.488 e. The second-order valence-corrected chi connectivity index (χ2v) is 7.40. The van der Waals surface area contributed by atoms with Gasteiger partial charge in [0.05, 0.1) is 5.56 Å². The molecule has 6 nitrogen and oxygen atoms in total. The molecule has 1 unspecified atom stereocenters. The van der Waals surface area contributed by atoms with Crippen LogP contribution in [0.2, 0.25) is 0 Å². The van der Waals surface area contributed by atoms with Gasteiger partial charge in [-0.2, -0.15) is 4.98 Å². The third kappa shape index (κ3) is 4.09. The van der Waals surface area contributed by atoms with Crippen LogP contribution in [0.1, 0.15) is 12.0 Å². The van der Waals surface area contributed by atoms with Gasteiger partial charge in [0, 0.05) is 37.6 Å². The number of aromatic nitrogens is 3. The maximum absolute atomic E-state index is 6.36. The van der Waals surface area contributed by atoms with Crippen LogP contribution in [0.4, 0.5) is 0 Å². The Balaban J connectivity index is 1.30. The molecule has 0 bridgehead atoms. The van der Waals surface area contributed by atoms with Crippen LogP contribution < -0.4 is 4.74 Å². The van der Waals surface area contributed by atoms with E-state index >= 15 is 0 Å². The van der Waals surface area contributed by atoms with Crippen molar-refractivity contribution in [2.24, 2.45) is 0 Å². The Hall–Kier alpha value is -3.51. The molecule has 0 spiro atoms. The maximum Gasteiger partial charge on any atom is 0.262 e. The average Bonchev–Trinajstić information content (AvgIpc) is 3.46. The van der Waals surface area contributed by atoms with E-state index in [-0.39, 0.29) is 6.10 Å². The summed E-state index contributed by atoms with van der Waals surface area (Å²) in [4.78, 5) is 11.1. The Bertz CT molecular complexity index is 1100. The third-order valence-corrected chi connectivity index (χ3v) is 5.25. The molecule has 2 aromatic heterocycles. The molecule has 1 aliphatic heterocycles. The molecule has 5 rings (SSSR count). The molecule has 0 saturated carbocycles. The van der Waals surface area contributed by atoms with E-state index in [1.807, 2.05) is 67.0 Å². The standard InChI is InChI=1S/C24H22N4O2/c1-2-6-19(7-3-1)23-26-24(30-27-23)21-8-4-5-9-22(21)29-20-12-15-28(17-20)16-18-10-13-25-14-11-18/h1-11,13-14,20H,12,15-17H2. The van der Waals surface area contributed by atoms with E-state index in [1.165, 1.54) is 5.56 Å². The lowest BCUT2D eigenvalue weighted by Gasteiger charge is -2.17. The molecule has 0 N–H and O–H groups in total. The van der Waals surface area contributed by atoms with Gasteiger partial charge in [0.15, 0.2) is 0 Å². The summed E-state index contributed by atoms with van der Waals surface area (Å²) in [6.07, 6.45) is 4.79. The minimum absolute atomic E-state index is 0.129. The van der Waals surface area contributed by atoms with Gasteiger partial charge < -0.3 is 9.26 Å². The van der Waals surface area contributed by atoms with Crippen molar-refractivity contribution in [1.82, 2.24) is 20.0 Å². The topological polar surface area (TPSA) is 64.3 Å². The lowest BCUT2D eigenvalue weighted by molar-refractivity contribution is 0.198. The molecule has 1 atom stereocenters. The lowest BCUT2D eigenvalue weighted by Crippen LogP contribution is -2.24. The van der Waals surface area contributed by atoms with E-state index < -0.39 is 0 Å². The molecule has 2 aromatic carbocycles. The first-order chi connectivity index (χ1) is 14.8. The number of likely N-dealkylation sites (tertiary alicyclic amines) is 1. The molecule has 0 amide bonds.